The SMILES string of the molecule is CCN(CC)C(=O)C1CCCN(c2ccc(NC(=S)NC(=O)c3cc4ccccc4o3)cc2F)C1. The second kappa shape index (κ2) is 10.9. The topological polar surface area (TPSA) is 77.8 Å². The highest BCUT2D eigenvalue weighted by atomic mass is 32.1. The van der Waals surface area contributed by atoms with Crippen molar-refractivity contribution in [1.82, 2.24) is 10.2 Å². The van der Waals surface area contributed by atoms with Crippen LogP contribution < -0.4 is 15.5 Å². The summed E-state index contributed by atoms with van der Waals surface area (Å²) in [5, 5.41) is 6.24. The predicted molar refractivity (Wildman–Crippen MR) is 139 cm³/mol. The lowest BCUT2D eigenvalue weighted by Gasteiger charge is -2.36. The van der Waals surface area contributed by atoms with E-state index >= 15 is 4.39 Å². The van der Waals surface area contributed by atoms with Crippen molar-refractivity contribution in [2.24, 2.45) is 5.92 Å². The maximum Gasteiger partial charge on any atom is 0.293 e. The van der Waals surface area contributed by atoms with Gasteiger partial charge >= 0.3 is 0 Å². The molecule has 0 aliphatic carbocycles. The quantitative estimate of drug-likeness (QED) is 0.478. The molecular formula is C26H29FN4O3S. The number of carbonyl (C=O) groups is 2. The van der Waals surface area contributed by atoms with Crippen molar-refractivity contribution in [3.8, 4) is 0 Å². The molecular weight excluding hydrogens is 467 g/mol. The van der Waals surface area contributed by atoms with Gasteiger partial charge in [-0.25, -0.2) is 4.39 Å². The number of amides is 2. The molecule has 0 radical (unpaired) electrons. The van der Waals surface area contributed by atoms with Gasteiger partial charge in [0.25, 0.3) is 5.91 Å². The van der Waals surface area contributed by atoms with Crippen LogP contribution in [-0.4, -0.2) is 48.0 Å². The Balaban J connectivity index is 1.38. The normalized spacial score (nSPS) is 15.6. The Kier molecular flexibility index (Phi) is 7.65. The van der Waals surface area contributed by atoms with Crippen LogP contribution in [0.1, 0.15) is 37.2 Å². The lowest BCUT2D eigenvalue weighted by atomic mass is 9.96. The first-order valence-corrected chi connectivity index (χ1v) is 12.2. The minimum atomic E-state index is -0.493. The molecule has 184 valence electrons. The van der Waals surface area contributed by atoms with Crippen molar-refractivity contribution < 1.29 is 18.4 Å². The first kappa shape index (κ1) is 24.7. The second-order valence-electron chi connectivity index (χ2n) is 8.52. The van der Waals surface area contributed by atoms with Gasteiger partial charge in [-0.3, -0.25) is 14.9 Å². The van der Waals surface area contributed by atoms with Crippen LogP contribution in [-0.2, 0) is 4.79 Å². The maximum absolute atomic E-state index is 15.0. The molecule has 0 bridgehead atoms. The average Bonchev–Trinajstić information content (AvgIpc) is 3.29. The van der Waals surface area contributed by atoms with E-state index in [1.165, 1.54) is 6.07 Å². The minimum Gasteiger partial charge on any atom is -0.451 e. The van der Waals surface area contributed by atoms with Crippen molar-refractivity contribution in [1.29, 1.82) is 0 Å². The fraction of sp³-hybridized carbons (Fsp3) is 0.346. The smallest absolute Gasteiger partial charge is 0.293 e. The van der Waals surface area contributed by atoms with Gasteiger partial charge < -0.3 is 19.5 Å². The van der Waals surface area contributed by atoms with E-state index < -0.39 is 11.7 Å². The number of anilines is 2. The summed E-state index contributed by atoms with van der Waals surface area (Å²) in [4.78, 5) is 29.0. The summed E-state index contributed by atoms with van der Waals surface area (Å²) in [6.07, 6.45) is 1.64. The summed E-state index contributed by atoms with van der Waals surface area (Å²) in [6.45, 7) is 6.47. The van der Waals surface area contributed by atoms with E-state index in [2.05, 4.69) is 10.6 Å². The van der Waals surface area contributed by atoms with E-state index in [0.717, 1.165) is 18.2 Å². The molecule has 35 heavy (non-hydrogen) atoms. The molecule has 1 aliphatic heterocycles. The summed E-state index contributed by atoms with van der Waals surface area (Å²) in [5.74, 6) is -0.785. The van der Waals surface area contributed by atoms with Gasteiger partial charge in [-0.05, 0) is 69.2 Å². The van der Waals surface area contributed by atoms with Crippen molar-refractivity contribution in [3.05, 3.63) is 60.1 Å². The molecule has 4 rings (SSSR count). The molecule has 1 fully saturated rings. The molecule has 7 nitrogen and oxygen atoms in total. The molecule has 2 N–H and O–H groups in total. The Morgan fingerprint density at radius 2 is 1.94 bits per heavy atom. The van der Waals surface area contributed by atoms with Crippen LogP contribution in [0.15, 0.2) is 52.9 Å². The molecule has 3 aromatic rings. The monoisotopic (exact) mass is 496 g/mol. The van der Waals surface area contributed by atoms with Crippen LogP contribution >= 0.6 is 12.2 Å². The largest absolute Gasteiger partial charge is 0.451 e. The highest BCUT2D eigenvalue weighted by Crippen LogP contribution is 2.28. The van der Waals surface area contributed by atoms with Crippen LogP contribution in [0.25, 0.3) is 11.0 Å². The van der Waals surface area contributed by atoms with Gasteiger partial charge in [-0.15, -0.1) is 0 Å². The molecule has 1 saturated heterocycles. The van der Waals surface area contributed by atoms with Crippen molar-refractivity contribution in [2.45, 2.75) is 26.7 Å². The van der Waals surface area contributed by atoms with Crippen molar-refractivity contribution >= 4 is 51.5 Å². The number of hydrogen-bond acceptors (Lipinski definition) is 5. The summed E-state index contributed by atoms with van der Waals surface area (Å²) >= 11 is 5.23. The van der Waals surface area contributed by atoms with Gasteiger partial charge in [0.15, 0.2) is 10.9 Å². The lowest BCUT2D eigenvalue weighted by Crippen LogP contribution is -2.45. The number of piperidine rings is 1. The highest BCUT2D eigenvalue weighted by Gasteiger charge is 2.29. The molecule has 2 aromatic carbocycles. The number of carbonyl (C=O) groups excluding carboxylic acids is 2. The summed E-state index contributed by atoms with van der Waals surface area (Å²) in [5.41, 5.74) is 1.46. The molecule has 2 heterocycles. The van der Waals surface area contributed by atoms with Crippen LogP contribution in [0.4, 0.5) is 15.8 Å². The zero-order valence-electron chi connectivity index (χ0n) is 19.8. The first-order valence-electron chi connectivity index (χ1n) is 11.8. The lowest BCUT2D eigenvalue weighted by molar-refractivity contribution is -0.135. The zero-order chi connectivity index (χ0) is 24.9. The maximum atomic E-state index is 15.0. The van der Waals surface area contributed by atoms with Crippen LogP contribution in [0, 0.1) is 11.7 Å². The number of fused-ring (bicyclic) bond motifs is 1. The van der Waals surface area contributed by atoms with Gasteiger partial charge in [0.05, 0.1) is 11.6 Å². The molecule has 0 saturated carbocycles. The number of nitrogens with one attached hydrogen (secondary N) is 2. The third-order valence-electron chi connectivity index (χ3n) is 6.27. The van der Waals surface area contributed by atoms with Crippen molar-refractivity contribution in [2.75, 3.05) is 36.4 Å². The van der Waals surface area contributed by atoms with Gasteiger partial charge in [-0.1, -0.05) is 18.2 Å². The van der Waals surface area contributed by atoms with Gasteiger partial charge in [0.1, 0.15) is 11.4 Å². The predicted octanol–water partition coefficient (Wildman–Crippen LogP) is 4.78. The van der Waals surface area contributed by atoms with E-state index in [-0.39, 0.29) is 22.7 Å². The Morgan fingerprint density at radius 3 is 2.66 bits per heavy atom. The average molecular weight is 497 g/mol. The third kappa shape index (κ3) is 5.62. The van der Waals surface area contributed by atoms with Crippen LogP contribution in [0.5, 0.6) is 0 Å². The Labute approximate surface area is 209 Å². The van der Waals surface area contributed by atoms with Crippen LogP contribution in [0.2, 0.25) is 0 Å². The molecule has 1 unspecified atom stereocenters. The zero-order valence-corrected chi connectivity index (χ0v) is 20.7. The Morgan fingerprint density at radius 1 is 1.17 bits per heavy atom. The number of halogens is 1. The number of furan rings is 1. The standard InChI is InChI=1S/C26H29FN4O3S/c1-3-30(4-2)25(33)18-9-7-13-31(16-18)21-12-11-19(15-20(21)27)28-26(35)29-24(32)23-14-17-8-5-6-10-22(17)34-23/h5-6,8,10-12,14-15,18H,3-4,7,9,13,16H2,1-2H3,(H2,28,29,32,35). The van der Waals surface area contributed by atoms with Crippen LogP contribution in [0.3, 0.4) is 0 Å². The van der Waals surface area contributed by atoms with E-state index in [1.54, 1.807) is 24.3 Å². The van der Waals surface area contributed by atoms with Gasteiger partial charge in [0.2, 0.25) is 5.91 Å². The number of benzene rings is 2. The number of nitrogens with zero attached hydrogens (tertiary/aromatic N) is 2. The molecule has 0 spiro atoms. The number of para-hydroxylation sites is 1. The van der Waals surface area contributed by atoms with E-state index in [1.807, 2.05) is 41.8 Å². The first-order chi connectivity index (χ1) is 16.9. The van der Waals surface area contributed by atoms with Gasteiger partial charge in [-0.2, -0.15) is 0 Å². The fourth-order valence-electron chi connectivity index (χ4n) is 4.45. The summed E-state index contributed by atoms with van der Waals surface area (Å²) in [6, 6.07) is 13.7. The Hall–Kier alpha value is -3.46. The second-order valence-corrected chi connectivity index (χ2v) is 8.93. The van der Waals surface area contributed by atoms with Gasteiger partial charge in [0, 0.05) is 37.3 Å². The molecule has 9 heteroatoms. The summed E-state index contributed by atoms with van der Waals surface area (Å²) in [7, 11) is 0. The van der Waals surface area contributed by atoms with E-state index in [9.17, 15) is 9.59 Å². The number of hydrogen-bond donors (Lipinski definition) is 2. The highest BCUT2D eigenvalue weighted by molar-refractivity contribution is 7.80. The molecule has 1 aromatic heterocycles. The van der Waals surface area contributed by atoms with Crippen molar-refractivity contribution in [3.63, 3.8) is 0 Å². The Bertz CT molecular complexity index is 1210. The minimum absolute atomic E-state index is 0.0328. The number of thiocarbonyl (C=S) groups is 1. The molecule has 2 amide bonds. The van der Waals surface area contributed by atoms with E-state index in [4.69, 9.17) is 16.6 Å². The third-order valence-corrected chi connectivity index (χ3v) is 6.47. The van der Waals surface area contributed by atoms with E-state index in [0.29, 0.717) is 43.1 Å². The molecule has 1 aliphatic rings. The summed E-state index contributed by atoms with van der Waals surface area (Å²) < 4.78 is 20.6. The number of rotatable bonds is 6. The fourth-order valence-corrected chi connectivity index (χ4v) is 4.66. The molecule has 1 atom stereocenters.